The van der Waals surface area contributed by atoms with E-state index in [1.165, 1.54) is 0 Å². The van der Waals surface area contributed by atoms with E-state index in [0.29, 0.717) is 11.1 Å². The van der Waals surface area contributed by atoms with Gasteiger partial charge in [-0.3, -0.25) is 4.79 Å². The van der Waals surface area contributed by atoms with E-state index in [1.807, 2.05) is 0 Å². The number of hydrogen-bond acceptors (Lipinski definition) is 3. The van der Waals surface area contributed by atoms with Crippen molar-refractivity contribution in [1.29, 1.82) is 0 Å². The lowest BCUT2D eigenvalue weighted by Crippen LogP contribution is -2.39. The van der Waals surface area contributed by atoms with Crippen LogP contribution in [0, 0.1) is 0 Å². The predicted octanol–water partition coefficient (Wildman–Crippen LogP) is 1.75. The Kier molecular flexibility index (Phi) is 3.55. The number of Topliss-reactive ketones (excluding diaryl/α,β-unsaturated/α-hetero) is 1. The average molecular weight is 242 g/mol. The summed E-state index contributed by atoms with van der Waals surface area (Å²) in [6, 6.07) is 16.9. The van der Waals surface area contributed by atoms with Gasteiger partial charge >= 0.3 is 0 Å². The number of carbonyl (C=O) groups excluding carboxylic acids is 1. The Morgan fingerprint density at radius 2 is 1.44 bits per heavy atom. The van der Waals surface area contributed by atoms with Gasteiger partial charge in [0.05, 0.1) is 6.61 Å². The number of aliphatic hydroxyl groups excluding tert-OH is 1. The first kappa shape index (κ1) is 12.5. The van der Waals surface area contributed by atoms with Crippen molar-refractivity contribution in [2.45, 2.75) is 5.60 Å². The number of carbonyl (C=O) groups is 1. The maximum Gasteiger partial charge on any atom is 0.201 e. The first-order chi connectivity index (χ1) is 8.68. The third-order valence-electron chi connectivity index (χ3n) is 2.89. The summed E-state index contributed by atoms with van der Waals surface area (Å²) < 4.78 is 0. The minimum absolute atomic E-state index is 0.373. The summed E-state index contributed by atoms with van der Waals surface area (Å²) in [7, 11) is 0. The Labute approximate surface area is 105 Å². The number of aliphatic hydroxyl groups is 2. The van der Waals surface area contributed by atoms with Crippen molar-refractivity contribution in [1.82, 2.24) is 0 Å². The fourth-order valence-electron chi connectivity index (χ4n) is 1.84. The molecule has 0 heterocycles. The van der Waals surface area contributed by atoms with Crippen LogP contribution in [0.5, 0.6) is 0 Å². The van der Waals surface area contributed by atoms with Crippen molar-refractivity contribution in [3.8, 4) is 0 Å². The smallest absolute Gasteiger partial charge is 0.201 e. The van der Waals surface area contributed by atoms with Crippen molar-refractivity contribution in [3.63, 3.8) is 0 Å². The molecule has 0 aliphatic heterocycles. The van der Waals surface area contributed by atoms with Gasteiger partial charge in [0.2, 0.25) is 5.78 Å². The van der Waals surface area contributed by atoms with E-state index in [1.54, 1.807) is 60.7 Å². The van der Waals surface area contributed by atoms with Crippen LogP contribution < -0.4 is 0 Å². The highest BCUT2D eigenvalue weighted by Crippen LogP contribution is 2.25. The summed E-state index contributed by atoms with van der Waals surface area (Å²) in [6.45, 7) is -0.648. The van der Waals surface area contributed by atoms with Gasteiger partial charge in [-0.25, -0.2) is 0 Å². The first-order valence-corrected chi connectivity index (χ1v) is 5.67. The predicted molar refractivity (Wildman–Crippen MR) is 68.2 cm³/mol. The Balaban J connectivity index is 2.43. The first-order valence-electron chi connectivity index (χ1n) is 5.67. The molecule has 0 aliphatic rings. The second-order valence-electron chi connectivity index (χ2n) is 4.08. The zero-order valence-electron chi connectivity index (χ0n) is 9.78. The molecule has 0 amide bonds. The molecule has 1 unspecified atom stereocenters. The Morgan fingerprint density at radius 3 is 1.94 bits per heavy atom. The third-order valence-corrected chi connectivity index (χ3v) is 2.89. The van der Waals surface area contributed by atoms with Gasteiger partial charge in [-0.05, 0) is 5.56 Å². The van der Waals surface area contributed by atoms with Gasteiger partial charge in [0.15, 0.2) is 5.60 Å². The lowest BCUT2D eigenvalue weighted by atomic mass is 9.87. The second kappa shape index (κ2) is 5.12. The molecule has 0 saturated heterocycles. The molecule has 2 aromatic carbocycles. The van der Waals surface area contributed by atoms with Crippen molar-refractivity contribution >= 4 is 5.78 Å². The van der Waals surface area contributed by atoms with Crippen LogP contribution in [0.1, 0.15) is 15.9 Å². The van der Waals surface area contributed by atoms with Gasteiger partial charge in [-0.1, -0.05) is 60.7 Å². The fourth-order valence-corrected chi connectivity index (χ4v) is 1.84. The van der Waals surface area contributed by atoms with Gasteiger partial charge in [0, 0.05) is 5.56 Å². The summed E-state index contributed by atoms with van der Waals surface area (Å²) in [4.78, 5) is 12.3. The SMILES string of the molecule is O=C(c1ccccc1)C(O)(CO)c1ccccc1. The summed E-state index contributed by atoms with van der Waals surface area (Å²) in [5, 5.41) is 19.8. The topological polar surface area (TPSA) is 57.5 Å². The number of hydrogen-bond donors (Lipinski definition) is 2. The van der Waals surface area contributed by atoms with Gasteiger partial charge in [-0.15, -0.1) is 0 Å². The molecule has 0 fully saturated rings. The van der Waals surface area contributed by atoms with Gasteiger partial charge in [0.25, 0.3) is 0 Å². The van der Waals surface area contributed by atoms with Crippen molar-refractivity contribution in [3.05, 3.63) is 71.8 Å². The van der Waals surface area contributed by atoms with Crippen molar-refractivity contribution in [2.75, 3.05) is 6.61 Å². The van der Waals surface area contributed by atoms with Crippen LogP contribution >= 0.6 is 0 Å². The summed E-state index contributed by atoms with van der Waals surface area (Å²) in [6.07, 6.45) is 0. The zero-order valence-corrected chi connectivity index (χ0v) is 9.78. The molecule has 0 aliphatic carbocycles. The van der Waals surface area contributed by atoms with E-state index in [9.17, 15) is 15.0 Å². The Morgan fingerprint density at radius 1 is 0.944 bits per heavy atom. The molecule has 0 aromatic heterocycles. The monoisotopic (exact) mass is 242 g/mol. The molecular weight excluding hydrogens is 228 g/mol. The van der Waals surface area contributed by atoms with E-state index >= 15 is 0 Å². The number of benzene rings is 2. The van der Waals surface area contributed by atoms with E-state index in [2.05, 4.69) is 0 Å². The van der Waals surface area contributed by atoms with Crippen LogP contribution in [0.4, 0.5) is 0 Å². The van der Waals surface area contributed by atoms with Crippen LogP contribution in [-0.2, 0) is 5.60 Å². The molecule has 92 valence electrons. The number of ketones is 1. The summed E-state index contributed by atoms with van der Waals surface area (Å²) >= 11 is 0. The summed E-state index contributed by atoms with van der Waals surface area (Å²) in [5.41, 5.74) is -1.12. The summed E-state index contributed by atoms with van der Waals surface area (Å²) in [5.74, 6) is -0.503. The van der Waals surface area contributed by atoms with Crippen LogP contribution in [0.25, 0.3) is 0 Å². The lowest BCUT2D eigenvalue weighted by molar-refractivity contribution is -0.00399. The largest absolute Gasteiger partial charge is 0.393 e. The molecule has 2 rings (SSSR count). The zero-order chi connectivity index (χ0) is 13.0. The molecule has 3 nitrogen and oxygen atoms in total. The minimum Gasteiger partial charge on any atom is -0.393 e. The molecular formula is C15H14O3. The normalized spacial score (nSPS) is 13.9. The maximum atomic E-state index is 12.3. The van der Waals surface area contributed by atoms with Gasteiger partial charge in [0.1, 0.15) is 0 Å². The Hall–Kier alpha value is -1.97. The van der Waals surface area contributed by atoms with Crippen LogP contribution in [0.2, 0.25) is 0 Å². The maximum absolute atomic E-state index is 12.3. The lowest BCUT2D eigenvalue weighted by Gasteiger charge is -2.24. The molecule has 2 N–H and O–H groups in total. The van der Waals surface area contributed by atoms with Crippen molar-refractivity contribution in [2.24, 2.45) is 0 Å². The van der Waals surface area contributed by atoms with E-state index < -0.39 is 18.0 Å². The fraction of sp³-hybridized carbons (Fsp3) is 0.133. The van der Waals surface area contributed by atoms with Crippen LogP contribution in [-0.4, -0.2) is 22.6 Å². The van der Waals surface area contributed by atoms with Crippen LogP contribution in [0.3, 0.4) is 0 Å². The quantitative estimate of drug-likeness (QED) is 0.803. The molecule has 0 spiro atoms. The molecule has 0 saturated carbocycles. The van der Waals surface area contributed by atoms with E-state index in [-0.39, 0.29) is 0 Å². The molecule has 0 bridgehead atoms. The third kappa shape index (κ3) is 2.18. The highest BCUT2D eigenvalue weighted by molar-refractivity contribution is 6.02. The second-order valence-corrected chi connectivity index (χ2v) is 4.08. The van der Waals surface area contributed by atoms with E-state index in [4.69, 9.17) is 0 Å². The highest BCUT2D eigenvalue weighted by atomic mass is 16.3. The minimum atomic E-state index is -1.89. The Bertz CT molecular complexity index is 522. The van der Waals surface area contributed by atoms with Gasteiger partial charge < -0.3 is 10.2 Å². The van der Waals surface area contributed by atoms with Crippen LogP contribution in [0.15, 0.2) is 60.7 Å². The molecule has 3 heteroatoms. The molecule has 2 aromatic rings. The number of rotatable bonds is 4. The standard InChI is InChI=1S/C15H14O3/c16-11-15(18,13-9-5-2-6-10-13)14(17)12-7-3-1-4-8-12/h1-10,16,18H,11H2. The van der Waals surface area contributed by atoms with Crippen molar-refractivity contribution < 1.29 is 15.0 Å². The molecule has 0 radical (unpaired) electrons. The van der Waals surface area contributed by atoms with Gasteiger partial charge in [-0.2, -0.15) is 0 Å². The average Bonchev–Trinajstić information content (AvgIpc) is 2.47. The highest BCUT2D eigenvalue weighted by Gasteiger charge is 2.37. The molecule has 1 atom stereocenters. The van der Waals surface area contributed by atoms with E-state index in [0.717, 1.165) is 0 Å². The molecule has 18 heavy (non-hydrogen) atoms.